The van der Waals surface area contributed by atoms with E-state index in [0.717, 1.165) is 40.0 Å². The van der Waals surface area contributed by atoms with Crippen molar-refractivity contribution in [2.45, 2.75) is 12.8 Å². The van der Waals surface area contributed by atoms with E-state index in [2.05, 4.69) is 26.5 Å². The molecule has 0 saturated carbocycles. The van der Waals surface area contributed by atoms with Gasteiger partial charge >= 0.3 is 164 Å². The number of anilines is 4. The molecule has 0 aliphatic heterocycles. The second kappa shape index (κ2) is 10.3. The number of benzene rings is 3. The Morgan fingerprint density at radius 2 is 1.94 bits per heavy atom. The summed E-state index contributed by atoms with van der Waals surface area (Å²) in [5, 5.41) is 7.32. The molecule has 0 aliphatic rings. The first-order valence-corrected chi connectivity index (χ1v) is 10.6. The standard InChI is InChI=1S/C26H23BN5O/c1-2-18-7-5-8-19(15-18)31-26-21-16-20(12-13-23(21)29-17-30-26)33-14-6-11-25(27)32-24-10-4-3-9-22(24)28/h1,3-5,7-10,12-13,15-17,32H,6,11,14,28H2,(H,29,30,31). The third kappa shape index (κ3) is 5.69. The molecule has 0 fully saturated rings. The number of rotatable bonds is 9. The van der Waals surface area contributed by atoms with Crippen molar-refractivity contribution < 1.29 is 4.74 Å². The molecule has 4 N–H and O–H groups in total. The van der Waals surface area contributed by atoms with Crippen molar-refractivity contribution >= 4 is 46.9 Å². The van der Waals surface area contributed by atoms with Gasteiger partial charge in [0.1, 0.15) is 0 Å². The quantitative estimate of drug-likeness (QED) is 0.156. The minimum atomic E-state index is 0.513. The van der Waals surface area contributed by atoms with Gasteiger partial charge in [0.25, 0.3) is 0 Å². The summed E-state index contributed by atoms with van der Waals surface area (Å²) < 4.78 is 5.95. The summed E-state index contributed by atoms with van der Waals surface area (Å²) in [6, 6.07) is 20.9. The van der Waals surface area contributed by atoms with Crippen LogP contribution in [0, 0.1) is 12.3 Å². The molecule has 0 unspecified atom stereocenters. The number of ether oxygens (including phenoxy) is 1. The Balaban J connectivity index is 1.37. The molecule has 0 atom stereocenters. The number of fused-ring (bicyclic) bond motifs is 1. The molecule has 7 heteroatoms. The van der Waals surface area contributed by atoms with Crippen LogP contribution in [0.2, 0.25) is 0 Å². The fourth-order valence-electron chi connectivity index (χ4n) is 3.35. The topological polar surface area (TPSA) is 85.1 Å². The van der Waals surface area contributed by atoms with Crippen LogP contribution in [0.1, 0.15) is 18.4 Å². The van der Waals surface area contributed by atoms with E-state index in [4.69, 9.17) is 24.4 Å². The monoisotopic (exact) mass is 432 g/mol. The Morgan fingerprint density at radius 1 is 1.06 bits per heavy atom. The first-order valence-electron chi connectivity index (χ1n) is 10.6. The Kier molecular flexibility index (Phi) is 6.86. The Morgan fingerprint density at radius 3 is 2.79 bits per heavy atom. The van der Waals surface area contributed by atoms with E-state index < -0.39 is 0 Å². The number of hydrogen-bond acceptors (Lipinski definition) is 6. The first kappa shape index (κ1) is 21.9. The Labute approximate surface area is 194 Å². The van der Waals surface area contributed by atoms with Crippen LogP contribution in [-0.2, 0) is 0 Å². The molecule has 33 heavy (non-hydrogen) atoms. The second-order valence-electron chi connectivity index (χ2n) is 7.44. The van der Waals surface area contributed by atoms with E-state index in [1.165, 1.54) is 6.33 Å². The van der Waals surface area contributed by atoms with E-state index in [1.807, 2.05) is 66.7 Å². The van der Waals surface area contributed by atoms with Crippen molar-refractivity contribution in [3.05, 3.63) is 78.6 Å². The maximum atomic E-state index is 6.10. The molecule has 0 amide bonds. The molecule has 1 aromatic heterocycles. The average molecular weight is 432 g/mol. The summed E-state index contributed by atoms with van der Waals surface area (Å²) in [6.07, 6.45) is 8.44. The van der Waals surface area contributed by atoms with Gasteiger partial charge in [-0.05, 0) is 6.07 Å². The third-order valence-corrected chi connectivity index (χ3v) is 5.01. The molecule has 0 aliphatic carbocycles. The molecule has 6 nitrogen and oxygen atoms in total. The van der Waals surface area contributed by atoms with Gasteiger partial charge in [0.2, 0.25) is 0 Å². The van der Waals surface area contributed by atoms with Gasteiger partial charge < -0.3 is 0 Å². The Hall–Kier alpha value is -4.31. The van der Waals surface area contributed by atoms with Crippen LogP contribution in [0.25, 0.3) is 10.9 Å². The third-order valence-electron chi connectivity index (χ3n) is 5.01. The van der Waals surface area contributed by atoms with Crippen LogP contribution in [0.15, 0.2) is 73.1 Å². The fraction of sp³-hybridized carbons (Fsp3) is 0.115. The van der Waals surface area contributed by atoms with E-state index in [1.54, 1.807) is 0 Å². The van der Waals surface area contributed by atoms with Gasteiger partial charge in [-0.1, -0.05) is 12.0 Å². The van der Waals surface area contributed by atoms with Gasteiger partial charge in [0.15, 0.2) is 0 Å². The molecular weight excluding hydrogens is 409 g/mol. The SMILES string of the molecule is [B]=C(CCCOc1ccc2ncnc(Nc3cccc(C#C)c3)c2c1)Nc1ccccc1N. The number of aromatic nitrogens is 2. The zero-order valence-corrected chi connectivity index (χ0v) is 18.1. The van der Waals surface area contributed by atoms with Gasteiger partial charge in [-0.25, -0.2) is 0 Å². The van der Waals surface area contributed by atoms with Gasteiger partial charge in [-0.2, -0.15) is 0 Å². The number of nitrogens with one attached hydrogen (secondary N) is 2. The van der Waals surface area contributed by atoms with Crippen LogP contribution in [-0.4, -0.2) is 29.6 Å². The molecular formula is C26H23BN5O. The molecule has 1 radical (unpaired) electrons. The fourth-order valence-corrected chi connectivity index (χ4v) is 3.35. The number of nitrogens with zero attached hydrogens (tertiary/aromatic N) is 2. The van der Waals surface area contributed by atoms with Crippen LogP contribution >= 0.6 is 0 Å². The van der Waals surface area contributed by atoms with Crippen LogP contribution < -0.4 is 21.1 Å². The summed E-state index contributed by atoms with van der Waals surface area (Å²) in [7, 11) is 6.10. The van der Waals surface area contributed by atoms with Crippen molar-refractivity contribution in [3.63, 3.8) is 0 Å². The summed E-state index contributed by atoms with van der Waals surface area (Å²) in [5.74, 6) is 4.05. The van der Waals surface area contributed by atoms with Crippen LogP contribution in [0.4, 0.5) is 22.9 Å². The molecule has 0 spiro atoms. The average Bonchev–Trinajstić information content (AvgIpc) is 2.84. The zero-order chi connectivity index (χ0) is 23.0. The first-order chi connectivity index (χ1) is 16.1. The molecule has 1 heterocycles. The Bertz CT molecular complexity index is 1330. The van der Waals surface area contributed by atoms with E-state index in [0.29, 0.717) is 30.1 Å². The molecule has 3 aromatic carbocycles. The van der Waals surface area contributed by atoms with E-state index in [9.17, 15) is 0 Å². The second-order valence-corrected chi connectivity index (χ2v) is 7.44. The van der Waals surface area contributed by atoms with Crippen molar-refractivity contribution in [1.82, 2.24) is 9.97 Å². The van der Waals surface area contributed by atoms with Crippen molar-refractivity contribution in [1.29, 1.82) is 0 Å². The number of terminal acetylenes is 1. The number of hydrogen-bond donors (Lipinski definition) is 3. The molecule has 161 valence electrons. The molecule has 4 aromatic rings. The van der Waals surface area contributed by atoms with Crippen LogP contribution in [0.5, 0.6) is 5.75 Å². The van der Waals surface area contributed by atoms with Crippen molar-refractivity contribution in [2.24, 2.45) is 0 Å². The van der Waals surface area contributed by atoms with Crippen molar-refractivity contribution in [3.8, 4) is 18.1 Å². The molecule has 0 bridgehead atoms. The number of nitrogens with two attached hydrogens (primary N) is 1. The zero-order valence-electron chi connectivity index (χ0n) is 18.1. The number of nitrogen functional groups attached to an aromatic ring is 1. The van der Waals surface area contributed by atoms with Gasteiger partial charge in [0, 0.05) is 5.56 Å². The summed E-state index contributed by atoms with van der Waals surface area (Å²) in [5.41, 5.74) is 10.5. The van der Waals surface area contributed by atoms with Gasteiger partial charge in [-0.3, -0.25) is 0 Å². The molecule has 4 rings (SSSR count). The van der Waals surface area contributed by atoms with E-state index in [-0.39, 0.29) is 0 Å². The summed E-state index contributed by atoms with van der Waals surface area (Å²) >= 11 is 0. The minimum absolute atomic E-state index is 0.513. The maximum absolute atomic E-state index is 6.10. The normalized spacial score (nSPS) is 10.4. The van der Waals surface area contributed by atoms with E-state index >= 15 is 0 Å². The summed E-state index contributed by atoms with van der Waals surface area (Å²) in [6.45, 7) is 0.513. The van der Waals surface area contributed by atoms with Crippen molar-refractivity contribution in [2.75, 3.05) is 23.0 Å². The predicted octanol–water partition coefficient (Wildman–Crippen LogP) is 4.51. The van der Waals surface area contributed by atoms with Crippen LogP contribution in [0.3, 0.4) is 0 Å². The molecule has 0 saturated heterocycles. The van der Waals surface area contributed by atoms with Gasteiger partial charge in [0.05, 0.1) is 0 Å². The predicted molar refractivity (Wildman–Crippen MR) is 137 cm³/mol. The van der Waals surface area contributed by atoms with Gasteiger partial charge in [-0.15, -0.1) is 6.42 Å². The summed E-state index contributed by atoms with van der Waals surface area (Å²) in [4.78, 5) is 8.75. The number of para-hydroxylation sites is 2.